The molecule has 0 spiro atoms. The van der Waals surface area contributed by atoms with Gasteiger partial charge in [0.25, 0.3) is 0 Å². The smallest absolute Gasteiger partial charge is 0.335 e. The van der Waals surface area contributed by atoms with Gasteiger partial charge in [0.1, 0.15) is 0 Å². The van der Waals surface area contributed by atoms with Gasteiger partial charge in [0.2, 0.25) is 0 Å². The second-order valence-corrected chi connectivity index (χ2v) is 4.72. The van der Waals surface area contributed by atoms with Crippen molar-refractivity contribution in [2.75, 3.05) is 20.3 Å². The lowest BCUT2D eigenvalue weighted by molar-refractivity contribution is 0.0697. The third-order valence-corrected chi connectivity index (χ3v) is 3.44. The molecule has 1 atom stereocenters. The molecule has 4 heteroatoms. The number of aromatic carboxylic acids is 1. The van der Waals surface area contributed by atoms with Gasteiger partial charge in [-0.3, -0.25) is 4.90 Å². The van der Waals surface area contributed by atoms with Crippen LogP contribution in [0, 0.1) is 0 Å². The zero-order valence-corrected chi connectivity index (χ0v) is 10.6. The molecular weight excluding hydrogens is 230 g/mol. The summed E-state index contributed by atoms with van der Waals surface area (Å²) in [6.07, 6.45) is 2.39. The van der Waals surface area contributed by atoms with E-state index in [1.807, 2.05) is 12.1 Å². The topological polar surface area (TPSA) is 49.8 Å². The van der Waals surface area contributed by atoms with Crippen LogP contribution < -0.4 is 0 Å². The van der Waals surface area contributed by atoms with Gasteiger partial charge in [-0.1, -0.05) is 12.1 Å². The molecule has 1 fully saturated rings. The van der Waals surface area contributed by atoms with Crippen molar-refractivity contribution in [2.24, 2.45) is 0 Å². The maximum absolute atomic E-state index is 10.8. The molecule has 18 heavy (non-hydrogen) atoms. The second-order valence-electron chi connectivity index (χ2n) is 4.72. The summed E-state index contributed by atoms with van der Waals surface area (Å²) in [6.45, 7) is 2.73. The first-order valence-electron chi connectivity index (χ1n) is 6.26. The van der Waals surface area contributed by atoms with Crippen LogP contribution in [0.1, 0.15) is 28.8 Å². The van der Waals surface area contributed by atoms with Gasteiger partial charge >= 0.3 is 5.97 Å². The molecule has 0 aliphatic carbocycles. The van der Waals surface area contributed by atoms with Gasteiger partial charge < -0.3 is 9.84 Å². The molecule has 1 aromatic carbocycles. The quantitative estimate of drug-likeness (QED) is 0.867. The van der Waals surface area contributed by atoms with E-state index in [1.54, 1.807) is 19.2 Å². The fourth-order valence-corrected chi connectivity index (χ4v) is 2.47. The molecular formula is C14H19NO3. The van der Waals surface area contributed by atoms with Crippen molar-refractivity contribution in [3.8, 4) is 0 Å². The van der Waals surface area contributed by atoms with Gasteiger partial charge in [-0.05, 0) is 37.1 Å². The third kappa shape index (κ3) is 3.09. The first-order chi connectivity index (χ1) is 8.70. The lowest BCUT2D eigenvalue weighted by atomic mass is 10.1. The molecule has 1 saturated heterocycles. The molecule has 2 rings (SSSR count). The number of hydrogen-bond acceptors (Lipinski definition) is 3. The Morgan fingerprint density at radius 2 is 2.17 bits per heavy atom. The fourth-order valence-electron chi connectivity index (χ4n) is 2.47. The number of nitrogens with zero attached hydrogens (tertiary/aromatic N) is 1. The van der Waals surface area contributed by atoms with Crippen LogP contribution in [0.25, 0.3) is 0 Å². The van der Waals surface area contributed by atoms with Crippen LogP contribution in [0.2, 0.25) is 0 Å². The summed E-state index contributed by atoms with van der Waals surface area (Å²) in [6, 6.07) is 7.62. The van der Waals surface area contributed by atoms with Crippen LogP contribution in [0.4, 0.5) is 0 Å². The highest BCUT2D eigenvalue weighted by atomic mass is 16.5. The van der Waals surface area contributed by atoms with Crippen LogP contribution in [-0.4, -0.2) is 42.3 Å². The van der Waals surface area contributed by atoms with Crippen LogP contribution >= 0.6 is 0 Å². The minimum Gasteiger partial charge on any atom is -0.478 e. The van der Waals surface area contributed by atoms with Crippen LogP contribution in [0.3, 0.4) is 0 Å². The van der Waals surface area contributed by atoms with Crippen molar-refractivity contribution >= 4 is 5.97 Å². The average molecular weight is 249 g/mol. The Bertz CT molecular complexity index is 402. The number of hydrogen-bond donors (Lipinski definition) is 1. The number of carbonyl (C=O) groups is 1. The van der Waals surface area contributed by atoms with Gasteiger partial charge in [0.05, 0.1) is 12.2 Å². The van der Waals surface area contributed by atoms with Crippen LogP contribution in [-0.2, 0) is 11.3 Å². The van der Waals surface area contributed by atoms with Gasteiger partial charge in [-0.2, -0.15) is 0 Å². The van der Waals surface area contributed by atoms with E-state index in [9.17, 15) is 4.79 Å². The lowest BCUT2D eigenvalue weighted by Crippen LogP contribution is -2.32. The highest BCUT2D eigenvalue weighted by Crippen LogP contribution is 2.20. The van der Waals surface area contributed by atoms with Gasteiger partial charge in [0, 0.05) is 19.7 Å². The molecule has 1 unspecified atom stereocenters. The number of likely N-dealkylation sites (tertiary alicyclic amines) is 1. The number of benzene rings is 1. The molecule has 1 aromatic rings. The molecule has 0 radical (unpaired) electrons. The molecule has 1 heterocycles. The molecule has 4 nitrogen and oxygen atoms in total. The predicted molar refractivity (Wildman–Crippen MR) is 68.7 cm³/mol. The van der Waals surface area contributed by atoms with E-state index < -0.39 is 5.97 Å². The van der Waals surface area contributed by atoms with Crippen molar-refractivity contribution in [1.29, 1.82) is 0 Å². The summed E-state index contributed by atoms with van der Waals surface area (Å²) >= 11 is 0. The monoisotopic (exact) mass is 249 g/mol. The van der Waals surface area contributed by atoms with Crippen molar-refractivity contribution in [3.05, 3.63) is 35.4 Å². The van der Waals surface area contributed by atoms with Crippen molar-refractivity contribution in [1.82, 2.24) is 4.90 Å². The predicted octanol–water partition coefficient (Wildman–Crippen LogP) is 2.00. The summed E-state index contributed by atoms with van der Waals surface area (Å²) in [4.78, 5) is 13.2. The Hall–Kier alpha value is -1.39. The molecule has 1 aliphatic heterocycles. The van der Waals surface area contributed by atoms with E-state index in [2.05, 4.69) is 4.90 Å². The molecule has 1 N–H and O–H groups in total. The lowest BCUT2D eigenvalue weighted by Gasteiger charge is -2.23. The average Bonchev–Trinajstić information content (AvgIpc) is 2.78. The van der Waals surface area contributed by atoms with E-state index >= 15 is 0 Å². The largest absolute Gasteiger partial charge is 0.478 e. The molecule has 0 bridgehead atoms. The van der Waals surface area contributed by atoms with Gasteiger partial charge in [-0.25, -0.2) is 4.79 Å². The van der Waals surface area contributed by atoms with E-state index in [1.165, 1.54) is 12.8 Å². The minimum absolute atomic E-state index is 0.341. The van der Waals surface area contributed by atoms with E-state index in [0.29, 0.717) is 11.6 Å². The SMILES string of the molecule is COCC1CCCN1Cc1ccc(C(=O)O)cc1. The fraction of sp³-hybridized carbons (Fsp3) is 0.500. The van der Waals surface area contributed by atoms with Crippen LogP contribution in [0.5, 0.6) is 0 Å². The van der Waals surface area contributed by atoms with Gasteiger partial charge in [0.15, 0.2) is 0 Å². The molecule has 0 amide bonds. The first kappa shape index (κ1) is 13.1. The molecule has 0 aromatic heterocycles. The molecule has 0 saturated carbocycles. The number of ether oxygens (including phenoxy) is 1. The standard InChI is InChI=1S/C14H19NO3/c1-18-10-13-3-2-8-15(13)9-11-4-6-12(7-5-11)14(16)17/h4-7,13H,2-3,8-10H2,1H3,(H,16,17). The van der Waals surface area contributed by atoms with E-state index in [4.69, 9.17) is 9.84 Å². The second kappa shape index (κ2) is 5.98. The number of methoxy groups -OCH3 is 1. The van der Waals surface area contributed by atoms with E-state index in [-0.39, 0.29) is 0 Å². The van der Waals surface area contributed by atoms with Crippen molar-refractivity contribution in [3.63, 3.8) is 0 Å². The summed E-state index contributed by atoms with van der Waals surface area (Å²) in [5.74, 6) is -0.875. The van der Waals surface area contributed by atoms with Crippen molar-refractivity contribution < 1.29 is 14.6 Å². The zero-order valence-electron chi connectivity index (χ0n) is 10.6. The Morgan fingerprint density at radius 3 is 2.78 bits per heavy atom. The summed E-state index contributed by atoms with van der Waals surface area (Å²) < 4.78 is 5.22. The summed E-state index contributed by atoms with van der Waals surface area (Å²) in [5.41, 5.74) is 1.50. The normalized spacial score (nSPS) is 20.2. The maximum atomic E-state index is 10.8. The number of carboxylic acids is 1. The number of rotatable bonds is 5. The Morgan fingerprint density at radius 1 is 1.44 bits per heavy atom. The molecule has 98 valence electrons. The summed E-state index contributed by atoms with van der Waals surface area (Å²) in [7, 11) is 1.73. The Balaban J connectivity index is 1.98. The van der Waals surface area contributed by atoms with E-state index in [0.717, 1.165) is 25.3 Å². The highest BCUT2D eigenvalue weighted by molar-refractivity contribution is 5.87. The Kier molecular flexibility index (Phi) is 4.33. The maximum Gasteiger partial charge on any atom is 0.335 e. The minimum atomic E-state index is -0.875. The van der Waals surface area contributed by atoms with Crippen LogP contribution in [0.15, 0.2) is 24.3 Å². The van der Waals surface area contributed by atoms with Gasteiger partial charge in [-0.15, -0.1) is 0 Å². The first-order valence-corrected chi connectivity index (χ1v) is 6.26. The summed E-state index contributed by atoms with van der Waals surface area (Å²) in [5, 5.41) is 8.85. The zero-order chi connectivity index (χ0) is 13.0. The molecule has 1 aliphatic rings. The third-order valence-electron chi connectivity index (χ3n) is 3.44. The highest BCUT2D eigenvalue weighted by Gasteiger charge is 2.24. The van der Waals surface area contributed by atoms with Crippen molar-refractivity contribution in [2.45, 2.75) is 25.4 Å². The Labute approximate surface area is 107 Å². The number of carboxylic acid groups (broad SMARTS) is 1.